The highest BCUT2D eigenvalue weighted by Crippen LogP contribution is 2.58. The lowest BCUT2D eigenvalue weighted by Gasteiger charge is -2.37. The Hall–Kier alpha value is -3.37. The third-order valence-corrected chi connectivity index (χ3v) is 12.4. The van der Waals surface area contributed by atoms with E-state index in [-0.39, 0.29) is 49.2 Å². The number of fused-ring (bicyclic) bond motifs is 7. The van der Waals surface area contributed by atoms with E-state index in [1.54, 1.807) is 18.2 Å². The molecule has 0 radical (unpaired) electrons. The van der Waals surface area contributed by atoms with Crippen molar-refractivity contribution in [1.82, 2.24) is 14.9 Å². The van der Waals surface area contributed by atoms with Gasteiger partial charge in [0.1, 0.15) is 24.2 Å². The number of hydrogen-bond donors (Lipinski definition) is 0. The van der Waals surface area contributed by atoms with Gasteiger partial charge in [-0.1, -0.05) is 33.1 Å². The number of rotatable bonds is 4. The molecule has 3 aliphatic carbocycles. The van der Waals surface area contributed by atoms with Crippen LogP contribution in [0.25, 0.3) is 11.0 Å². The second kappa shape index (κ2) is 12.8. The highest BCUT2D eigenvalue weighted by atomic mass is 19.3. The Kier molecular flexibility index (Phi) is 8.85. The number of carbonyl (C=O) groups is 3. The standard InChI is InChI=1S/C37H47F2N3O6/c1-4-23-29(20-43)42-19-31(23)48-34-33(40-27-11-10-22(46-3)17-28(27)41-34)37(38,39)14-6-5-9-24-25-15-21(25)16-30(24)47-32(44)18-26(35(42)45)36(2)12-7-8-13-36/h10-11,17,20-21,23-26,29-31H,4-9,12-16,18-19H2,1-3H3/t21?,23-,24+,25?,26+,29+,30+,31-/m0/s1. The maximum Gasteiger partial charge on any atom is 0.306 e. The summed E-state index contributed by atoms with van der Waals surface area (Å²) >= 11 is 0. The van der Waals surface area contributed by atoms with Gasteiger partial charge in [-0.3, -0.25) is 9.59 Å². The predicted octanol–water partition coefficient (Wildman–Crippen LogP) is 6.64. The summed E-state index contributed by atoms with van der Waals surface area (Å²) in [6, 6.07) is 4.05. The molecule has 0 spiro atoms. The van der Waals surface area contributed by atoms with Crippen LogP contribution in [0.2, 0.25) is 0 Å². The number of ether oxygens (including phenoxy) is 3. The summed E-state index contributed by atoms with van der Waals surface area (Å²) in [5.74, 6) is -3.79. The molecule has 4 fully saturated rings. The van der Waals surface area contributed by atoms with E-state index in [4.69, 9.17) is 14.2 Å². The minimum absolute atomic E-state index is 0.0132. The van der Waals surface area contributed by atoms with Gasteiger partial charge in [-0.2, -0.15) is 8.78 Å². The number of benzene rings is 1. The largest absolute Gasteiger partial charge is 0.497 e. The van der Waals surface area contributed by atoms with Crippen LogP contribution < -0.4 is 9.47 Å². The van der Waals surface area contributed by atoms with E-state index in [9.17, 15) is 14.4 Å². The van der Waals surface area contributed by atoms with Crippen molar-refractivity contribution >= 4 is 29.2 Å². The summed E-state index contributed by atoms with van der Waals surface area (Å²) in [6.45, 7) is 3.97. The molecule has 48 heavy (non-hydrogen) atoms. The van der Waals surface area contributed by atoms with E-state index in [1.807, 2.05) is 6.92 Å². The lowest BCUT2D eigenvalue weighted by Crippen LogP contribution is -2.47. The molecule has 260 valence electrons. The fourth-order valence-electron chi connectivity index (χ4n) is 9.49. The molecule has 5 aliphatic rings. The highest BCUT2D eigenvalue weighted by Gasteiger charge is 2.55. The molecular formula is C37H47F2N3O6. The van der Waals surface area contributed by atoms with Crippen molar-refractivity contribution in [1.29, 1.82) is 0 Å². The molecule has 1 aromatic heterocycles. The Morgan fingerprint density at radius 3 is 2.50 bits per heavy atom. The molecule has 2 aromatic rings. The third-order valence-electron chi connectivity index (χ3n) is 12.4. The number of alkyl halides is 2. The molecule has 11 heteroatoms. The Bertz CT molecular complexity index is 1560. The fraction of sp³-hybridized carbons (Fsp3) is 0.703. The molecular weight excluding hydrogens is 620 g/mol. The number of carbonyl (C=O) groups excluding carboxylic acids is 3. The first-order valence-corrected chi connectivity index (χ1v) is 17.9. The number of halogens is 2. The Balaban J connectivity index is 1.29. The van der Waals surface area contributed by atoms with E-state index in [0.717, 1.165) is 44.8 Å². The lowest BCUT2D eigenvalue weighted by molar-refractivity contribution is -0.158. The van der Waals surface area contributed by atoms with Gasteiger partial charge in [0.2, 0.25) is 11.8 Å². The van der Waals surface area contributed by atoms with Gasteiger partial charge in [-0.25, -0.2) is 9.97 Å². The number of hydrogen-bond acceptors (Lipinski definition) is 8. The Morgan fingerprint density at radius 2 is 1.77 bits per heavy atom. The molecule has 7 rings (SSSR count). The molecule has 1 amide bonds. The van der Waals surface area contributed by atoms with E-state index in [0.29, 0.717) is 47.9 Å². The normalized spacial score (nSPS) is 34.6. The molecule has 1 saturated heterocycles. The van der Waals surface area contributed by atoms with Gasteiger partial charge < -0.3 is 23.9 Å². The number of aromatic nitrogens is 2. The zero-order valence-electron chi connectivity index (χ0n) is 28.2. The Morgan fingerprint density at radius 1 is 1.00 bits per heavy atom. The maximum absolute atomic E-state index is 16.2. The van der Waals surface area contributed by atoms with Crippen molar-refractivity contribution in [3.05, 3.63) is 23.9 Å². The summed E-state index contributed by atoms with van der Waals surface area (Å²) in [5.41, 5.74) is -0.310. The lowest BCUT2D eigenvalue weighted by atomic mass is 9.73. The SMILES string of the molecule is CC[C@@H]1[C@@H]2CN(C(=O)[C@H](C3(C)CCCC3)CC(=O)O[C@@H]3CC4CC4[C@H]3CCCCC(F)(F)c3nc4ccc(OC)cc4nc3O2)[C@@H]1C=O. The van der Waals surface area contributed by atoms with E-state index in [1.165, 1.54) is 12.0 Å². The number of esters is 1. The fourth-order valence-corrected chi connectivity index (χ4v) is 9.49. The predicted molar refractivity (Wildman–Crippen MR) is 172 cm³/mol. The monoisotopic (exact) mass is 667 g/mol. The van der Waals surface area contributed by atoms with Crippen molar-refractivity contribution in [2.75, 3.05) is 13.7 Å². The second-order valence-electron chi connectivity index (χ2n) is 15.2. The van der Waals surface area contributed by atoms with Crippen molar-refractivity contribution in [3.8, 4) is 11.6 Å². The average molecular weight is 668 g/mol. The van der Waals surface area contributed by atoms with Crippen molar-refractivity contribution in [2.45, 2.75) is 115 Å². The summed E-state index contributed by atoms with van der Waals surface area (Å²) in [4.78, 5) is 51.4. The zero-order valence-corrected chi connectivity index (χ0v) is 28.2. The molecule has 3 saturated carbocycles. The van der Waals surface area contributed by atoms with Crippen molar-refractivity contribution < 1.29 is 37.4 Å². The van der Waals surface area contributed by atoms with Gasteiger partial charge in [0.25, 0.3) is 5.92 Å². The van der Waals surface area contributed by atoms with Gasteiger partial charge in [0, 0.05) is 18.4 Å². The highest BCUT2D eigenvalue weighted by molar-refractivity contribution is 5.87. The third kappa shape index (κ3) is 6.04. The van der Waals surface area contributed by atoms with E-state index in [2.05, 4.69) is 16.9 Å². The molecule has 9 nitrogen and oxygen atoms in total. The van der Waals surface area contributed by atoms with E-state index >= 15 is 8.78 Å². The van der Waals surface area contributed by atoms with Crippen LogP contribution in [-0.2, 0) is 25.0 Å². The molecule has 2 bridgehead atoms. The first kappa shape index (κ1) is 33.1. The molecule has 0 N–H and O–H groups in total. The smallest absolute Gasteiger partial charge is 0.306 e. The molecule has 8 atom stereocenters. The van der Waals surface area contributed by atoms with Crippen LogP contribution in [0.3, 0.4) is 0 Å². The van der Waals surface area contributed by atoms with Crippen LogP contribution in [0.5, 0.6) is 11.6 Å². The molecule has 2 aliphatic heterocycles. The van der Waals surface area contributed by atoms with Crippen LogP contribution >= 0.6 is 0 Å². The van der Waals surface area contributed by atoms with Gasteiger partial charge >= 0.3 is 5.97 Å². The minimum atomic E-state index is -3.34. The summed E-state index contributed by atoms with van der Waals surface area (Å²) in [7, 11) is 1.51. The summed E-state index contributed by atoms with van der Waals surface area (Å²) in [6.07, 6.45) is 6.68. The van der Waals surface area contributed by atoms with Crippen LogP contribution in [0.4, 0.5) is 8.78 Å². The molecule has 1 aromatic carbocycles. The summed E-state index contributed by atoms with van der Waals surface area (Å²) in [5, 5.41) is 0. The quantitative estimate of drug-likeness (QED) is 0.264. The van der Waals surface area contributed by atoms with Gasteiger partial charge in [-0.05, 0) is 80.2 Å². The van der Waals surface area contributed by atoms with Crippen LogP contribution in [0.15, 0.2) is 18.2 Å². The first-order valence-electron chi connectivity index (χ1n) is 17.9. The van der Waals surface area contributed by atoms with Crippen molar-refractivity contribution in [2.24, 2.45) is 35.0 Å². The zero-order chi connectivity index (χ0) is 33.8. The number of methoxy groups -OCH3 is 1. The van der Waals surface area contributed by atoms with Crippen LogP contribution in [-0.4, -0.2) is 64.9 Å². The number of amides is 1. The van der Waals surface area contributed by atoms with Crippen LogP contribution in [0, 0.1) is 35.0 Å². The van der Waals surface area contributed by atoms with Gasteiger partial charge in [0.05, 0.1) is 43.1 Å². The van der Waals surface area contributed by atoms with E-state index < -0.39 is 47.4 Å². The van der Waals surface area contributed by atoms with Crippen molar-refractivity contribution in [3.63, 3.8) is 0 Å². The topological polar surface area (TPSA) is 108 Å². The number of nitrogens with zero attached hydrogens (tertiary/aromatic N) is 3. The summed E-state index contributed by atoms with van der Waals surface area (Å²) < 4.78 is 50.3. The van der Waals surface area contributed by atoms with Gasteiger partial charge in [-0.15, -0.1) is 0 Å². The minimum Gasteiger partial charge on any atom is -0.497 e. The first-order chi connectivity index (χ1) is 23.0. The molecule has 2 unspecified atom stereocenters. The average Bonchev–Trinajstić information content (AvgIpc) is 3.35. The molecule has 3 heterocycles. The Labute approximate surface area is 280 Å². The van der Waals surface area contributed by atoms with Crippen LogP contribution in [0.1, 0.15) is 96.6 Å². The maximum atomic E-state index is 16.2. The second-order valence-corrected chi connectivity index (χ2v) is 15.2. The number of aldehydes is 1. The van der Waals surface area contributed by atoms with Gasteiger partial charge in [0.15, 0.2) is 5.69 Å².